The number of para-hydroxylation sites is 1. The minimum Gasteiger partial charge on any atom is -0.491 e. The molecule has 1 heterocycles. The summed E-state index contributed by atoms with van der Waals surface area (Å²) >= 11 is 1.23. The molecule has 0 aliphatic rings. The van der Waals surface area contributed by atoms with Gasteiger partial charge in [0.15, 0.2) is 5.01 Å². The summed E-state index contributed by atoms with van der Waals surface area (Å²) in [6, 6.07) is 9.53. The Morgan fingerprint density at radius 1 is 1.30 bits per heavy atom. The van der Waals surface area contributed by atoms with E-state index in [0.29, 0.717) is 30.5 Å². The molecule has 3 N–H and O–H groups in total. The summed E-state index contributed by atoms with van der Waals surface area (Å²) in [6.07, 6.45) is 0. The first kappa shape index (κ1) is 14.4. The molecule has 1 aromatic carbocycles. The van der Waals surface area contributed by atoms with Gasteiger partial charge in [-0.05, 0) is 12.1 Å². The first-order valence-corrected chi connectivity index (χ1v) is 6.88. The molecular weight excluding hydrogens is 278 g/mol. The van der Waals surface area contributed by atoms with Gasteiger partial charge >= 0.3 is 0 Å². The van der Waals surface area contributed by atoms with Gasteiger partial charge in [0.25, 0.3) is 5.91 Å². The van der Waals surface area contributed by atoms with Crippen molar-refractivity contribution >= 4 is 17.2 Å². The number of carbonyl (C=O) groups excluding carboxylic acids is 1. The Labute approximate surface area is 120 Å². The van der Waals surface area contributed by atoms with Gasteiger partial charge in [-0.25, -0.2) is 10.8 Å². The summed E-state index contributed by atoms with van der Waals surface area (Å²) in [5.74, 6) is 5.44. The average molecular weight is 293 g/mol. The number of ether oxygens (including phenoxy) is 2. The van der Waals surface area contributed by atoms with E-state index in [1.165, 1.54) is 11.3 Å². The molecule has 2 aromatic rings. The van der Waals surface area contributed by atoms with Gasteiger partial charge in [0.05, 0.1) is 18.9 Å². The summed E-state index contributed by atoms with van der Waals surface area (Å²) < 4.78 is 10.9. The third-order valence-corrected chi connectivity index (χ3v) is 3.26. The van der Waals surface area contributed by atoms with Crippen LogP contribution in [0.15, 0.2) is 35.7 Å². The number of thiazole rings is 1. The number of nitrogen functional groups attached to an aromatic ring is 1. The quantitative estimate of drug-likeness (QED) is 0.348. The molecule has 0 unspecified atom stereocenters. The van der Waals surface area contributed by atoms with Gasteiger partial charge in [-0.3, -0.25) is 10.2 Å². The fraction of sp³-hybridized carbons (Fsp3) is 0.231. The molecule has 106 valence electrons. The number of nitrogens with zero attached hydrogens (tertiary/aromatic N) is 1. The lowest BCUT2D eigenvalue weighted by Gasteiger charge is -2.05. The molecule has 0 aliphatic carbocycles. The maximum Gasteiger partial charge on any atom is 0.294 e. The number of rotatable bonds is 7. The van der Waals surface area contributed by atoms with E-state index >= 15 is 0 Å². The molecule has 0 atom stereocenters. The molecule has 1 aromatic heterocycles. The molecule has 0 spiro atoms. The van der Waals surface area contributed by atoms with Crippen LogP contribution in [0.5, 0.6) is 5.75 Å². The zero-order valence-corrected chi connectivity index (χ0v) is 11.6. The lowest BCUT2D eigenvalue weighted by molar-refractivity contribution is 0.0867. The van der Waals surface area contributed by atoms with E-state index in [9.17, 15) is 4.79 Å². The third kappa shape index (κ3) is 4.30. The number of benzene rings is 1. The van der Waals surface area contributed by atoms with Gasteiger partial charge in [0.2, 0.25) is 0 Å². The second-order valence-corrected chi connectivity index (χ2v) is 4.69. The van der Waals surface area contributed by atoms with Crippen molar-refractivity contribution in [2.45, 2.75) is 6.61 Å². The minimum atomic E-state index is -0.395. The summed E-state index contributed by atoms with van der Waals surface area (Å²) in [6.45, 7) is 1.25. The monoisotopic (exact) mass is 293 g/mol. The second kappa shape index (κ2) is 7.59. The highest BCUT2D eigenvalue weighted by molar-refractivity contribution is 7.11. The van der Waals surface area contributed by atoms with Gasteiger partial charge in [-0.1, -0.05) is 18.2 Å². The highest BCUT2D eigenvalue weighted by Gasteiger charge is 2.09. The van der Waals surface area contributed by atoms with Crippen molar-refractivity contribution in [1.82, 2.24) is 10.4 Å². The van der Waals surface area contributed by atoms with Crippen molar-refractivity contribution in [2.24, 2.45) is 5.84 Å². The molecule has 0 saturated heterocycles. The van der Waals surface area contributed by atoms with Crippen LogP contribution in [0.2, 0.25) is 0 Å². The predicted octanol–water partition coefficient (Wildman–Crippen LogP) is 1.34. The van der Waals surface area contributed by atoms with Crippen LogP contribution in [-0.4, -0.2) is 24.1 Å². The Kier molecular flexibility index (Phi) is 5.48. The minimum absolute atomic E-state index is 0.326. The second-order valence-electron chi connectivity index (χ2n) is 3.83. The standard InChI is InChI=1S/C13H15N3O3S/c14-16-12(17)13-15-10(9-20-13)8-18-6-7-19-11-4-2-1-3-5-11/h1-5,9H,6-8,14H2,(H,16,17). The largest absolute Gasteiger partial charge is 0.491 e. The predicted molar refractivity (Wildman–Crippen MR) is 75.4 cm³/mol. The van der Waals surface area contributed by atoms with Crippen molar-refractivity contribution in [1.29, 1.82) is 0 Å². The number of hydrogen-bond acceptors (Lipinski definition) is 6. The Morgan fingerprint density at radius 3 is 2.85 bits per heavy atom. The molecule has 0 radical (unpaired) electrons. The first-order chi connectivity index (χ1) is 9.79. The molecule has 1 amide bonds. The number of nitrogens with two attached hydrogens (primary N) is 1. The first-order valence-electron chi connectivity index (χ1n) is 6.00. The zero-order valence-electron chi connectivity index (χ0n) is 10.7. The summed E-state index contributed by atoms with van der Waals surface area (Å²) in [5, 5.41) is 2.09. The molecule has 0 saturated carbocycles. The topological polar surface area (TPSA) is 86.5 Å². The number of carbonyl (C=O) groups is 1. The highest BCUT2D eigenvalue weighted by atomic mass is 32.1. The van der Waals surface area contributed by atoms with Crippen LogP contribution in [0.1, 0.15) is 15.5 Å². The van der Waals surface area contributed by atoms with Crippen molar-refractivity contribution in [2.75, 3.05) is 13.2 Å². The number of aromatic nitrogens is 1. The van der Waals surface area contributed by atoms with E-state index in [0.717, 1.165) is 5.75 Å². The van der Waals surface area contributed by atoms with Crippen LogP contribution in [0, 0.1) is 0 Å². The Hall–Kier alpha value is -1.96. The number of amides is 1. The van der Waals surface area contributed by atoms with Crippen LogP contribution < -0.4 is 16.0 Å². The Balaban J connectivity index is 1.66. The Morgan fingerprint density at radius 2 is 2.10 bits per heavy atom. The third-order valence-electron chi connectivity index (χ3n) is 2.37. The van der Waals surface area contributed by atoms with Crippen LogP contribution >= 0.6 is 11.3 Å². The maximum absolute atomic E-state index is 11.2. The normalized spacial score (nSPS) is 10.2. The number of nitrogens with one attached hydrogen (secondary N) is 1. The fourth-order valence-electron chi connectivity index (χ4n) is 1.45. The summed E-state index contributed by atoms with van der Waals surface area (Å²) in [7, 11) is 0. The van der Waals surface area contributed by atoms with Gasteiger partial charge in [0, 0.05) is 5.38 Å². The van der Waals surface area contributed by atoms with E-state index in [1.807, 2.05) is 35.8 Å². The number of hydrazine groups is 1. The molecule has 6 nitrogen and oxygen atoms in total. The molecular formula is C13H15N3O3S. The van der Waals surface area contributed by atoms with E-state index in [1.54, 1.807) is 5.38 Å². The summed E-state index contributed by atoms with van der Waals surface area (Å²) in [4.78, 5) is 15.3. The zero-order chi connectivity index (χ0) is 14.2. The van der Waals surface area contributed by atoms with Crippen LogP contribution in [0.3, 0.4) is 0 Å². The van der Waals surface area contributed by atoms with Crippen LogP contribution in [-0.2, 0) is 11.3 Å². The lowest BCUT2D eigenvalue weighted by Crippen LogP contribution is -2.29. The van der Waals surface area contributed by atoms with Crippen molar-refractivity contribution < 1.29 is 14.3 Å². The highest BCUT2D eigenvalue weighted by Crippen LogP contribution is 2.11. The SMILES string of the molecule is NNC(=O)c1nc(COCCOc2ccccc2)cs1. The molecule has 2 rings (SSSR count). The summed E-state index contributed by atoms with van der Waals surface area (Å²) in [5.41, 5.74) is 2.74. The van der Waals surface area contributed by atoms with Gasteiger partial charge in [-0.2, -0.15) is 0 Å². The number of hydrogen-bond donors (Lipinski definition) is 2. The average Bonchev–Trinajstić information content (AvgIpc) is 2.96. The van der Waals surface area contributed by atoms with Crippen LogP contribution in [0.25, 0.3) is 0 Å². The molecule has 0 fully saturated rings. The van der Waals surface area contributed by atoms with Crippen molar-refractivity contribution in [3.05, 3.63) is 46.4 Å². The Bertz CT molecular complexity index is 545. The van der Waals surface area contributed by atoms with E-state index in [-0.39, 0.29) is 0 Å². The van der Waals surface area contributed by atoms with E-state index < -0.39 is 5.91 Å². The van der Waals surface area contributed by atoms with Crippen molar-refractivity contribution in [3.63, 3.8) is 0 Å². The molecule has 0 aliphatic heterocycles. The lowest BCUT2D eigenvalue weighted by atomic mass is 10.3. The van der Waals surface area contributed by atoms with Crippen LogP contribution in [0.4, 0.5) is 0 Å². The molecule has 0 bridgehead atoms. The maximum atomic E-state index is 11.2. The smallest absolute Gasteiger partial charge is 0.294 e. The van der Waals surface area contributed by atoms with Crippen molar-refractivity contribution in [3.8, 4) is 5.75 Å². The van der Waals surface area contributed by atoms with E-state index in [4.69, 9.17) is 15.3 Å². The van der Waals surface area contributed by atoms with Gasteiger partial charge in [-0.15, -0.1) is 11.3 Å². The molecule has 20 heavy (non-hydrogen) atoms. The van der Waals surface area contributed by atoms with Gasteiger partial charge < -0.3 is 9.47 Å². The fourth-order valence-corrected chi connectivity index (χ4v) is 2.16. The van der Waals surface area contributed by atoms with E-state index in [2.05, 4.69) is 4.98 Å². The molecule has 7 heteroatoms. The van der Waals surface area contributed by atoms with Gasteiger partial charge in [0.1, 0.15) is 12.4 Å².